The molecular weight excluding hydrogens is 129 g/mol. The molecule has 0 bridgehead atoms. The van der Waals surface area contributed by atoms with Gasteiger partial charge in [-0.25, -0.2) is 0 Å². The molecule has 50 valence electrons. The number of nitrogens with two attached hydrogens (primary N) is 1. The van der Waals surface area contributed by atoms with Crippen LogP contribution >= 0.6 is 8.53 Å². The van der Waals surface area contributed by atoms with Crippen molar-refractivity contribution in [3.05, 3.63) is 0 Å². The average molecular weight is 138 g/mol. The zero-order valence-corrected chi connectivity index (χ0v) is 5.47. The average Bonchev–Trinajstić information content (AvgIpc) is 1.65. The van der Waals surface area contributed by atoms with Crippen LogP contribution in [0.4, 0.5) is 0 Å². The summed E-state index contributed by atoms with van der Waals surface area (Å²) in [6.07, 6.45) is -0.582. The van der Waals surface area contributed by atoms with Gasteiger partial charge in [0.2, 0.25) is 0 Å². The molecule has 0 aromatic carbocycles. The predicted molar refractivity (Wildman–Crippen MR) is 28.5 cm³/mol. The van der Waals surface area contributed by atoms with Crippen LogP contribution in [0.1, 0.15) is 13.3 Å². The lowest BCUT2D eigenvalue weighted by Gasteiger charge is -2.19. The molecule has 0 fully saturated rings. The Labute approximate surface area is 49.2 Å². The van der Waals surface area contributed by atoms with Gasteiger partial charge in [0.25, 0.3) is 0 Å². The maximum Gasteiger partial charge on any atom is 0.158 e. The van der Waals surface area contributed by atoms with Gasteiger partial charge in [-0.3, -0.25) is 5.50 Å². The molecule has 4 nitrogen and oxygen atoms in total. The summed E-state index contributed by atoms with van der Waals surface area (Å²) in [5.74, 6) is 0. The Morgan fingerprint density at radius 3 is 2.62 bits per heavy atom. The van der Waals surface area contributed by atoms with Crippen LogP contribution in [-0.4, -0.2) is 11.4 Å². The van der Waals surface area contributed by atoms with E-state index < -0.39 is 14.8 Å². The van der Waals surface area contributed by atoms with E-state index in [0.29, 0.717) is 6.42 Å². The van der Waals surface area contributed by atoms with E-state index in [4.69, 9.17) is 10.6 Å². The van der Waals surface area contributed by atoms with Crippen LogP contribution in [0, 0.1) is 0 Å². The first-order valence-corrected chi connectivity index (χ1v) is 3.48. The van der Waals surface area contributed by atoms with Crippen LogP contribution in [0.3, 0.4) is 0 Å². The van der Waals surface area contributed by atoms with Gasteiger partial charge in [0, 0.05) is 8.53 Å². The summed E-state index contributed by atoms with van der Waals surface area (Å²) >= 11 is 0. The third kappa shape index (κ3) is 4.43. The third-order valence-corrected chi connectivity index (χ3v) is 1.03. The first-order valence-electron chi connectivity index (χ1n) is 2.23. The predicted octanol–water partition coefficient (Wildman–Crippen LogP) is -0.723. The van der Waals surface area contributed by atoms with Crippen molar-refractivity contribution in [3.63, 3.8) is 0 Å². The molecule has 5 heteroatoms. The van der Waals surface area contributed by atoms with Crippen LogP contribution in [0.25, 0.3) is 0 Å². The summed E-state index contributed by atoms with van der Waals surface area (Å²) in [5.41, 5.74) is 4.70. The fourth-order valence-corrected chi connectivity index (χ4v) is 0.583. The second-order valence-electron chi connectivity index (χ2n) is 1.25. The van der Waals surface area contributed by atoms with E-state index >= 15 is 0 Å². The molecule has 0 aliphatic carbocycles. The molecular formula is C3H9NO3P-. The number of hydrogen-bond donors (Lipinski definition) is 2. The molecule has 0 rings (SSSR count). The fourth-order valence-electron chi connectivity index (χ4n) is 0.194. The highest BCUT2D eigenvalue weighted by Crippen LogP contribution is 2.16. The van der Waals surface area contributed by atoms with E-state index in [1.54, 1.807) is 6.92 Å². The highest BCUT2D eigenvalue weighted by Gasteiger charge is 1.97. The molecule has 8 heavy (non-hydrogen) atoms. The van der Waals surface area contributed by atoms with Crippen LogP contribution < -0.4 is 10.4 Å². The highest BCUT2D eigenvalue weighted by molar-refractivity contribution is 7.41. The van der Waals surface area contributed by atoms with Gasteiger partial charge in [-0.15, -0.1) is 0 Å². The Balaban J connectivity index is 3.10. The quantitative estimate of drug-likeness (QED) is 0.398. The number of aliphatic hydroxyl groups excluding tert-OH is 1. The van der Waals surface area contributed by atoms with Crippen molar-refractivity contribution in [2.45, 2.75) is 19.6 Å². The Morgan fingerprint density at radius 2 is 2.50 bits per heavy atom. The molecule has 0 spiro atoms. The summed E-state index contributed by atoms with van der Waals surface area (Å²) in [6.45, 7) is 1.70. The van der Waals surface area contributed by atoms with Crippen LogP contribution in [-0.2, 0) is 4.52 Å². The van der Waals surface area contributed by atoms with E-state index in [9.17, 15) is 4.89 Å². The van der Waals surface area contributed by atoms with Crippen molar-refractivity contribution in [3.8, 4) is 0 Å². The molecule has 0 aliphatic rings. The molecule has 0 saturated carbocycles. The standard InChI is InChI=1S/C3H9NO3P/c1-2-3(5)7-8(4)6/h3,5H,2,4H2,1H3/q-1. The van der Waals surface area contributed by atoms with Gasteiger partial charge in [-0.1, -0.05) is 6.92 Å². The monoisotopic (exact) mass is 138 g/mol. The zero-order chi connectivity index (χ0) is 6.57. The minimum Gasteiger partial charge on any atom is -0.796 e. The molecule has 0 saturated heterocycles. The smallest absolute Gasteiger partial charge is 0.158 e. The van der Waals surface area contributed by atoms with Gasteiger partial charge in [-0.05, 0) is 6.42 Å². The minimum absolute atomic E-state index is 0.401. The van der Waals surface area contributed by atoms with Gasteiger partial charge in [0.1, 0.15) is 0 Å². The van der Waals surface area contributed by atoms with Crippen molar-refractivity contribution < 1.29 is 14.5 Å². The van der Waals surface area contributed by atoms with E-state index in [-0.39, 0.29) is 0 Å². The van der Waals surface area contributed by atoms with Gasteiger partial charge in [0.15, 0.2) is 6.29 Å². The molecule has 0 heterocycles. The Bertz CT molecular complexity index is 60.5. The summed E-state index contributed by atoms with van der Waals surface area (Å²) in [7, 11) is -2.15. The molecule has 2 unspecified atom stereocenters. The van der Waals surface area contributed by atoms with Gasteiger partial charge >= 0.3 is 0 Å². The topological polar surface area (TPSA) is 78.5 Å². The third-order valence-electron chi connectivity index (χ3n) is 0.575. The lowest BCUT2D eigenvalue weighted by Crippen LogP contribution is -2.15. The molecule has 3 N–H and O–H groups in total. The van der Waals surface area contributed by atoms with Gasteiger partial charge in [0.05, 0.1) is 0 Å². The second kappa shape index (κ2) is 4.18. The molecule has 0 aliphatic heterocycles. The van der Waals surface area contributed by atoms with Crippen molar-refractivity contribution in [2.75, 3.05) is 0 Å². The van der Waals surface area contributed by atoms with Crippen LogP contribution in [0.2, 0.25) is 0 Å². The SMILES string of the molecule is CCC(O)OP(N)[O-]. The summed E-state index contributed by atoms with van der Waals surface area (Å²) in [4.78, 5) is 9.96. The number of hydrogen-bond acceptors (Lipinski definition) is 4. The first-order chi connectivity index (χ1) is 3.66. The summed E-state index contributed by atoms with van der Waals surface area (Å²) < 4.78 is 4.24. The Morgan fingerprint density at radius 1 is 2.00 bits per heavy atom. The summed E-state index contributed by atoms with van der Waals surface area (Å²) in [6, 6.07) is 0. The van der Waals surface area contributed by atoms with E-state index in [1.807, 2.05) is 0 Å². The minimum atomic E-state index is -2.15. The fraction of sp³-hybridized carbons (Fsp3) is 1.00. The second-order valence-corrected chi connectivity index (χ2v) is 2.04. The zero-order valence-electron chi connectivity index (χ0n) is 4.57. The van der Waals surface area contributed by atoms with E-state index in [1.165, 1.54) is 0 Å². The first kappa shape index (κ1) is 8.27. The lowest BCUT2D eigenvalue weighted by molar-refractivity contribution is -0.195. The summed E-state index contributed by atoms with van der Waals surface area (Å²) in [5, 5.41) is 8.54. The van der Waals surface area contributed by atoms with Crippen molar-refractivity contribution >= 4 is 8.53 Å². The normalized spacial score (nSPS) is 18.0. The molecule has 0 amide bonds. The molecule has 0 radical (unpaired) electrons. The van der Waals surface area contributed by atoms with Gasteiger partial charge < -0.3 is 14.5 Å². The van der Waals surface area contributed by atoms with Crippen LogP contribution in [0.5, 0.6) is 0 Å². The number of aliphatic hydroxyl groups is 1. The van der Waals surface area contributed by atoms with Crippen molar-refractivity contribution in [2.24, 2.45) is 5.50 Å². The largest absolute Gasteiger partial charge is 0.796 e. The van der Waals surface area contributed by atoms with E-state index in [0.717, 1.165) is 0 Å². The Hall–Kier alpha value is 0.270. The maximum absolute atomic E-state index is 9.96. The maximum atomic E-state index is 9.96. The number of rotatable bonds is 3. The molecule has 0 aromatic rings. The van der Waals surface area contributed by atoms with Crippen molar-refractivity contribution in [1.82, 2.24) is 0 Å². The highest BCUT2D eigenvalue weighted by atomic mass is 31.2. The van der Waals surface area contributed by atoms with Crippen molar-refractivity contribution in [1.29, 1.82) is 0 Å². The molecule has 2 atom stereocenters. The van der Waals surface area contributed by atoms with E-state index in [2.05, 4.69) is 4.52 Å². The Kier molecular flexibility index (Phi) is 4.32. The lowest BCUT2D eigenvalue weighted by atomic mass is 10.5. The van der Waals surface area contributed by atoms with Gasteiger partial charge in [-0.2, -0.15) is 0 Å². The molecule has 0 aromatic heterocycles. The van der Waals surface area contributed by atoms with Crippen LogP contribution in [0.15, 0.2) is 0 Å².